The van der Waals surface area contributed by atoms with Gasteiger partial charge in [0, 0.05) is 25.2 Å². The summed E-state index contributed by atoms with van der Waals surface area (Å²) in [5.41, 5.74) is 0.344. The van der Waals surface area contributed by atoms with Gasteiger partial charge in [-0.3, -0.25) is 9.59 Å². The fourth-order valence-electron chi connectivity index (χ4n) is 3.17. The summed E-state index contributed by atoms with van der Waals surface area (Å²) in [6, 6.07) is 9.09. The van der Waals surface area contributed by atoms with Crippen molar-refractivity contribution in [1.29, 1.82) is 0 Å². The van der Waals surface area contributed by atoms with Crippen molar-refractivity contribution in [2.75, 3.05) is 19.6 Å². The zero-order valence-electron chi connectivity index (χ0n) is 17.4. The van der Waals surface area contributed by atoms with Gasteiger partial charge < -0.3 is 19.9 Å². The molecule has 0 aromatic heterocycles. The normalized spacial score (nSPS) is 19.9. The topological polar surface area (TPSA) is 79.0 Å². The first-order chi connectivity index (χ1) is 13.1. The van der Waals surface area contributed by atoms with Gasteiger partial charge in [0.05, 0.1) is 13.0 Å². The van der Waals surface area contributed by atoms with Gasteiger partial charge in [0.15, 0.2) is 0 Å². The van der Waals surface area contributed by atoms with Crippen molar-refractivity contribution in [3.05, 3.63) is 35.9 Å². The fraction of sp³-hybridized carbons (Fsp3) is 0.571. The van der Waals surface area contributed by atoms with E-state index in [1.807, 2.05) is 65.0 Å². The molecule has 1 N–H and O–H groups in total. The van der Waals surface area contributed by atoms with Gasteiger partial charge in [-0.15, -0.1) is 0 Å². The molecule has 0 saturated carbocycles. The Bertz CT molecular complexity index is 699. The second kappa shape index (κ2) is 9.08. The molecule has 0 unspecified atom stereocenters. The lowest BCUT2D eigenvalue weighted by atomic mass is 10.1. The molecule has 154 valence electrons. The smallest absolute Gasteiger partial charge is 0.410 e. The number of nitrogens with zero attached hydrogens (tertiary/aromatic N) is 2. The summed E-state index contributed by atoms with van der Waals surface area (Å²) in [6.45, 7) is 10.0. The summed E-state index contributed by atoms with van der Waals surface area (Å²) in [7, 11) is 0. The number of hydrogen-bond donors (Lipinski definition) is 1. The lowest BCUT2D eigenvalue weighted by Gasteiger charge is -2.44. The highest BCUT2D eigenvalue weighted by Crippen LogP contribution is 2.19. The third-order valence-corrected chi connectivity index (χ3v) is 4.58. The van der Waals surface area contributed by atoms with E-state index in [4.69, 9.17) is 4.74 Å². The molecule has 7 heteroatoms. The highest BCUT2D eigenvalue weighted by Gasteiger charge is 2.36. The Morgan fingerprint density at radius 3 is 2.21 bits per heavy atom. The molecule has 2 rings (SSSR count). The van der Waals surface area contributed by atoms with Crippen LogP contribution in [-0.2, 0) is 20.7 Å². The molecule has 1 heterocycles. The molecule has 1 fully saturated rings. The van der Waals surface area contributed by atoms with E-state index in [1.54, 1.807) is 9.80 Å². The van der Waals surface area contributed by atoms with Crippen molar-refractivity contribution < 1.29 is 19.1 Å². The monoisotopic (exact) mass is 389 g/mol. The summed E-state index contributed by atoms with van der Waals surface area (Å²) in [6.07, 6.45) is -0.123. The Hall–Kier alpha value is -2.57. The van der Waals surface area contributed by atoms with Gasteiger partial charge in [0.2, 0.25) is 11.8 Å². The Balaban J connectivity index is 1.86. The summed E-state index contributed by atoms with van der Waals surface area (Å²) >= 11 is 0. The first kappa shape index (κ1) is 21.7. The molecule has 1 aromatic rings. The highest BCUT2D eigenvalue weighted by molar-refractivity contribution is 5.86. The maximum Gasteiger partial charge on any atom is 0.410 e. The maximum absolute atomic E-state index is 12.6. The van der Waals surface area contributed by atoms with Crippen molar-refractivity contribution >= 4 is 17.9 Å². The van der Waals surface area contributed by atoms with Crippen LogP contribution in [0, 0.1) is 0 Å². The second-order valence-corrected chi connectivity index (χ2v) is 8.32. The van der Waals surface area contributed by atoms with Gasteiger partial charge in [-0.05, 0) is 40.2 Å². The number of nitrogens with one attached hydrogen (secondary N) is 1. The highest BCUT2D eigenvalue weighted by atomic mass is 16.6. The SMILES string of the molecule is C[C@@H]1CN(C(=O)OC(C)(C)C)[C@@H](C)CN1C(=O)CNC(=O)Cc1ccccc1. The van der Waals surface area contributed by atoms with Crippen LogP contribution in [0.5, 0.6) is 0 Å². The van der Waals surface area contributed by atoms with Crippen LogP contribution in [0.1, 0.15) is 40.2 Å². The maximum atomic E-state index is 12.6. The third-order valence-electron chi connectivity index (χ3n) is 4.58. The van der Waals surface area contributed by atoms with Crippen molar-refractivity contribution in [2.24, 2.45) is 0 Å². The Morgan fingerprint density at radius 2 is 1.61 bits per heavy atom. The summed E-state index contributed by atoms with van der Waals surface area (Å²) in [5, 5.41) is 2.69. The number of benzene rings is 1. The quantitative estimate of drug-likeness (QED) is 0.856. The Labute approximate surface area is 167 Å². The van der Waals surface area contributed by atoms with Gasteiger partial charge in [0.25, 0.3) is 0 Å². The van der Waals surface area contributed by atoms with Crippen LogP contribution in [0.2, 0.25) is 0 Å². The Kier molecular flexibility index (Phi) is 7.05. The van der Waals surface area contributed by atoms with E-state index in [0.717, 1.165) is 5.56 Å². The molecular weight excluding hydrogens is 358 g/mol. The number of ether oxygens (including phenoxy) is 1. The molecule has 0 aliphatic carbocycles. The van der Waals surface area contributed by atoms with Gasteiger partial charge >= 0.3 is 6.09 Å². The van der Waals surface area contributed by atoms with Crippen LogP contribution < -0.4 is 5.32 Å². The van der Waals surface area contributed by atoms with E-state index < -0.39 is 5.60 Å². The molecule has 7 nitrogen and oxygen atoms in total. The van der Waals surface area contributed by atoms with E-state index in [9.17, 15) is 14.4 Å². The van der Waals surface area contributed by atoms with Gasteiger partial charge in [-0.2, -0.15) is 0 Å². The number of rotatable bonds is 4. The van der Waals surface area contributed by atoms with Crippen LogP contribution in [-0.4, -0.2) is 65.0 Å². The molecule has 2 atom stereocenters. The first-order valence-electron chi connectivity index (χ1n) is 9.66. The third kappa shape index (κ3) is 6.25. The molecule has 0 bridgehead atoms. The average molecular weight is 389 g/mol. The van der Waals surface area contributed by atoms with E-state index in [1.165, 1.54) is 0 Å². The van der Waals surface area contributed by atoms with Crippen LogP contribution in [0.3, 0.4) is 0 Å². The van der Waals surface area contributed by atoms with Crippen molar-refractivity contribution in [3.63, 3.8) is 0 Å². The average Bonchev–Trinajstić information content (AvgIpc) is 2.60. The molecule has 0 radical (unpaired) electrons. The second-order valence-electron chi connectivity index (χ2n) is 8.32. The first-order valence-corrected chi connectivity index (χ1v) is 9.66. The fourth-order valence-corrected chi connectivity index (χ4v) is 3.17. The Morgan fingerprint density at radius 1 is 1.04 bits per heavy atom. The van der Waals surface area contributed by atoms with Crippen molar-refractivity contribution in [3.8, 4) is 0 Å². The van der Waals surface area contributed by atoms with Crippen LogP contribution in [0.4, 0.5) is 4.79 Å². The van der Waals surface area contributed by atoms with E-state index in [2.05, 4.69) is 5.32 Å². The predicted molar refractivity (Wildman–Crippen MR) is 107 cm³/mol. The number of hydrogen-bond acceptors (Lipinski definition) is 4. The van der Waals surface area contributed by atoms with Crippen LogP contribution >= 0.6 is 0 Å². The summed E-state index contributed by atoms with van der Waals surface area (Å²) in [4.78, 5) is 40.4. The summed E-state index contributed by atoms with van der Waals surface area (Å²) < 4.78 is 5.45. The molecule has 28 heavy (non-hydrogen) atoms. The minimum absolute atomic E-state index is 0.0465. The predicted octanol–water partition coefficient (Wildman–Crippen LogP) is 2.20. The lowest BCUT2D eigenvalue weighted by Crippen LogP contribution is -2.61. The van der Waals surface area contributed by atoms with E-state index in [0.29, 0.717) is 13.1 Å². The van der Waals surface area contributed by atoms with Gasteiger partial charge in [0.1, 0.15) is 5.60 Å². The minimum Gasteiger partial charge on any atom is -0.444 e. The molecule has 1 aromatic carbocycles. The van der Waals surface area contributed by atoms with E-state index >= 15 is 0 Å². The molecule has 3 amide bonds. The minimum atomic E-state index is -0.559. The van der Waals surface area contributed by atoms with Crippen molar-refractivity contribution in [1.82, 2.24) is 15.1 Å². The molecule has 1 aliphatic rings. The standard InChI is InChI=1S/C21H31N3O4/c1-15-14-24(20(27)28-21(3,4)5)16(2)13-23(15)19(26)12-22-18(25)11-17-9-7-6-8-10-17/h6-10,15-16H,11-14H2,1-5H3,(H,22,25)/t15-,16+/m1/s1. The molecule has 0 spiro atoms. The van der Waals surface area contributed by atoms with Gasteiger partial charge in [-0.25, -0.2) is 4.79 Å². The number of piperazine rings is 1. The van der Waals surface area contributed by atoms with Crippen LogP contribution in [0.25, 0.3) is 0 Å². The zero-order chi connectivity index (χ0) is 20.9. The number of carbonyl (C=O) groups is 3. The van der Waals surface area contributed by atoms with Crippen molar-refractivity contribution in [2.45, 2.75) is 58.7 Å². The van der Waals surface area contributed by atoms with E-state index in [-0.39, 0.29) is 43.0 Å². The summed E-state index contributed by atoms with van der Waals surface area (Å²) in [5.74, 6) is -0.336. The zero-order valence-corrected chi connectivity index (χ0v) is 17.4. The number of carbonyl (C=O) groups excluding carboxylic acids is 3. The largest absolute Gasteiger partial charge is 0.444 e. The van der Waals surface area contributed by atoms with Crippen LogP contribution in [0.15, 0.2) is 30.3 Å². The molecular formula is C21H31N3O4. The molecule has 1 aliphatic heterocycles. The number of amides is 3. The molecule has 1 saturated heterocycles. The van der Waals surface area contributed by atoms with Gasteiger partial charge in [-0.1, -0.05) is 30.3 Å². The lowest BCUT2D eigenvalue weighted by molar-refractivity contribution is -0.137.